The van der Waals surface area contributed by atoms with Gasteiger partial charge in [0.1, 0.15) is 6.33 Å². The molecule has 21 heavy (non-hydrogen) atoms. The molecule has 0 bridgehead atoms. The predicted molar refractivity (Wildman–Crippen MR) is 77.1 cm³/mol. The van der Waals surface area contributed by atoms with E-state index >= 15 is 0 Å². The molecular weight excluding hydrogens is 268 g/mol. The van der Waals surface area contributed by atoms with Crippen molar-refractivity contribution in [3.8, 4) is 5.82 Å². The van der Waals surface area contributed by atoms with Gasteiger partial charge in [0, 0.05) is 38.1 Å². The number of amides is 1. The molecule has 1 atom stereocenters. The summed E-state index contributed by atoms with van der Waals surface area (Å²) >= 11 is 0. The van der Waals surface area contributed by atoms with Crippen LogP contribution in [0.5, 0.6) is 0 Å². The Balaban J connectivity index is 1.76. The lowest BCUT2D eigenvalue weighted by molar-refractivity contribution is 0.0526. The zero-order valence-corrected chi connectivity index (χ0v) is 12.2. The van der Waals surface area contributed by atoms with E-state index in [1.165, 1.54) is 0 Å². The molecule has 1 amide bonds. The number of imidazole rings is 1. The molecular formula is C14H18N6O. The normalized spacial score (nSPS) is 19.7. The van der Waals surface area contributed by atoms with Gasteiger partial charge in [-0.2, -0.15) is 0 Å². The lowest BCUT2D eigenvalue weighted by atomic mass is 10.2. The van der Waals surface area contributed by atoms with Crippen LogP contribution in [0.4, 0.5) is 0 Å². The number of nitrogens with zero attached hydrogens (tertiary/aromatic N) is 6. The Morgan fingerprint density at radius 1 is 1.29 bits per heavy atom. The number of aromatic nitrogens is 4. The number of carbonyl (C=O) groups is 1. The van der Waals surface area contributed by atoms with Crippen LogP contribution in [0.3, 0.4) is 0 Å². The Morgan fingerprint density at radius 2 is 2.14 bits per heavy atom. The van der Waals surface area contributed by atoms with Gasteiger partial charge in [-0.1, -0.05) is 0 Å². The van der Waals surface area contributed by atoms with Crippen molar-refractivity contribution in [1.82, 2.24) is 29.5 Å². The van der Waals surface area contributed by atoms with E-state index in [1.807, 2.05) is 4.90 Å². The van der Waals surface area contributed by atoms with Gasteiger partial charge in [0.05, 0.1) is 0 Å². The van der Waals surface area contributed by atoms with Crippen molar-refractivity contribution in [2.75, 3.05) is 26.7 Å². The summed E-state index contributed by atoms with van der Waals surface area (Å²) in [7, 11) is 2.07. The van der Waals surface area contributed by atoms with Gasteiger partial charge in [-0.3, -0.25) is 9.36 Å². The number of hydrogen-bond donors (Lipinski definition) is 0. The average molecular weight is 286 g/mol. The molecule has 1 aliphatic heterocycles. The third kappa shape index (κ3) is 2.78. The lowest BCUT2D eigenvalue weighted by Crippen LogP contribution is -2.52. The van der Waals surface area contributed by atoms with Crippen LogP contribution in [0, 0.1) is 0 Å². The third-order valence-electron chi connectivity index (χ3n) is 3.73. The first-order valence-corrected chi connectivity index (χ1v) is 6.97. The molecule has 1 saturated heterocycles. The van der Waals surface area contributed by atoms with E-state index in [2.05, 4.69) is 34.1 Å². The monoisotopic (exact) mass is 286 g/mol. The van der Waals surface area contributed by atoms with Crippen molar-refractivity contribution >= 4 is 5.91 Å². The molecule has 0 saturated carbocycles. The summed E-state index contributed by atoms with van der Waals surface area (Å²) in [6.45, 7) is 4.55. The van der Waals surface area contributed by atoms with Crippen molar-refractivity contribution in [1.29, 1.82) is 0 Å². The second-order valence-corrected chi connectivity index (χ2v) is 5.36. The van der Waals surface area contributed by atoms with Crippen molar-refractivity contribution in [2.24, 2.45) is 0 Å². The minimum Gasteiger partial charge on any atom is -0.332 e. The topological polar surface area (TPSA) is 67.2 Å². The number of piperazine rings is 1. The zero-order valence-electron chi connectivity index (χ0n) is 12.2. The highest BCUT2D eigenvalue weighted by atomic mass is 16.2. The van der Waals surface area contributed by atoms with Crippen LogP contribution >= 0.6 is 0 Å². The fraction of sp³-hybridized carbons (Fsp3) is 0.429. The molecule has 110 valence electrons. The number of carbonyl (C=O) groups excluding carboxylic acids is 1. The maximum absolute atomic E-state index is 12.5. The summed E-state index contributed by atoms with van der Waals surface area (Å²) in [5, 5.41) is 8.15. The maximum Gasteiger partial charge on any atom is 0.274 e. The minimum absolute atomic E-state index is 0.0553. The summed E-state index contributed by atoms with van der Waals surface area (Å²) in [5.74, 6) is 0.593. The zero-order chi connectivity index (χ0) is 14.8. The second kappa shape index (κ2) is 5.61. The first kappa shape index (κ1) is 13.7. The van der Waals surface area contributed by atoms with Crippen LogP contribution in [-0.4, -0.2) is 68.2 Å². The molecule has 0 aliphatic carbocycles. The molecule has 7 heteroatoms. The van der Waals surface area contributed by atoms with E-state index in [0.717, 1.165) is 19.6 Å². The summed E-state index contributed by atoms with van der Waals surface area (Å²) in [4.78, 5) is 20.5. The van der Waals surface area contributed by atoms with Crippen molar-refractivity contribution in [3.63, 3.8) is 0 Å². The molecule has 2 aromatic heterocycles. The second-order valence-electron chi connectivity index (χ2n) is 5.36. The Hall–Kier alpha value is -2.28. The van der Waals surface area contributed by atoms with E-state index in [1.54, 1.807) is 35.4 Å². The lowest BCUT2D eigenvalue weighted by Gasteiger charge is -2.37. The SMILES string of the molecule is CC1CN(C)CCN1C(=O)c1ccc(-n2ccnc2)nn1. The minimum atomic E-state index is -0.0553. The van der Waals surface area contributed by atoms with E-state index in [0.29, 0.717) is 11.5 Å². The van der Waals surface area contributed by atoms with Crippen LogP contribution < -0.4 is 0 Å². The van der Waals surface area contributed by atoms with Gasteiger partial charge >= 0.3 is 0 Å². The maximum atomic E-state index is 12.5. The summed E-state index contributed by atoms with van der Waals surface area (Å²) in [6.07, 6.45) is 5.11. The van der Waals surface area contributed by atoms with Crippen LogP contribution in [-0.2, 0) is 0 Å². The molecule has 7 nitrogen and oxygen atoms in total. The molecule has 1 fully saturated rings. The molecule has 0 N–H and O–H groups in total. The van der Waals surface area contributed by atoms with Gasteiger partial charge in [0.25, 0.3) is 5.91 Å². The summed E-state index contributed by atoms with van der Waals surface area (Å²) < 4.78 is 1.75. The molecule has 0 aromatic carbocycles. The average Bonchev–Trinajstić information content (AvgIpc) is 3.01. The highest BCUT2D eigenvalue weighted by Gasteiger charge is 2.27. The number of rotatable bonds is 2. The van der Waals surface area contributed by atoms with Gasteiger partial charge < -0.3 is 9.80 Å². The highest BCUT2D eigenvalue weighted by molar-refractivity contribution is 5.92. The largest absolute Gasteiger partial charge is 0.332 e. The Kier molecular flexibility index (Phi) is 3.66. The van der Waals surface area contributed by atoms with Crippen LogP contribution in [0.1, 0.15) is 17.4 Å². The van der Waals surface area contributed by atoms with Crippen molar-refractivity contribution in [2.45, 2.75) is 13.0 Å². The molecule has 3 heterocycles. The summed E-state index contributed by atoms with van der Waals surface area (Å²) in [5.41, 5.74) is 0.385. The first-order valence-electron chi connectivity index (χ1n) is 6.97. The number of likely N-dealkylation sites (N-methyl/N-ethyl adjacent to an activating group) is 1. The van der Waals surface area contributed by atoms with Gasteiger partial charge in [-0.15, -0.1) is 10.2 Å². The number of hydrogen-bond acceptors (Lipinski definition) is 5. The van der Waals surface area contributed by atoms with E-state index in [9.17, 15) is 4.79 Å². The highest BCUT2D eigenvalue weighted by Crippen LogP contribution is 2.12. The van der Waals surface area contributed by atoms with E-state index in [4.69, 9.17) is 0 Å². The van der Waals surface area contributed by atoms with Crippen LogP contribution in [0.2, 0.25) is 0 Å². The van der Waals surface area contributed by atoms with Gasteiger partial charge in [-0.05, 0) is 26.1 Å². The Bertz CT molecular complexity index is 609. The first-order chi connectivity index (χ1) is 10.1. The smallest absolute Gasteiger partial charge is 0.274 e. The van der Waals surface area contributed by atoms with Gasteiger partial charge in [0.15, 0.2) is 11.5 Å². The molecule has 0 spiro atoms. The quantitative estimate of drug-likeness (QED) is 0.801. The Labute approximate surface area is 123 Å². The molecule has 2 aromatic rings. The summed E-state index contributed by atoms with van der Waals surface area (Å²) in [6, 6.07) is 3.68. The fourth-order valence-corrected chi connectivity index (χ4v) is 2.56. The predicted octanol–water partition coefficient (Wildman–Crippen LogP) is 0.438. The fourth-order valence-electron chi connectivity index (χ4n) is 2.56. The van der Waals surface area contributed by atoms with Gasteiger partial charge in [-0.25, -0.2) is 4.98 Å². The molecule has 1 aliphatic rings. The molecule has 1 unspecified atom stereocenters. The molecule has 3 rings (SSSR count). The van der Waals surface area contributed by atoms with Crippen molar-refractivity contribution < 1.29 is 4.79 Å². The standard InChI is InChI=1S/C14H18N6O/c1-11-9-18(2)7-8-20(11)14(21)12-3-4-13(17-16-12)19-6-5-15-10-19/h3-6,10-11H,7-9H2,1-2H3. The van der Waals surface area contributed by atoms with Crippen molar-refractivity contribution in [3.05, 3.63) is 36.5 Å². The van der Waals surface area contributed by atoms with E-state index < -0.39 is 0 Å². The van der Waals surface area contributed by atoms with Gasteiger partial charge in [0.2, 0.25) is 0 Å². The van der Waals surface area contributed by atoms with Crippen LogP contribution in [0.25, 0.3) is 5.82 Å². The Morgan fingerprint density at radius 3 is 2.76 bits per heavy atom. The third-order valence-corrected chi connectivity index (χ3v) is 3.73. The van der Waals surface area contributed by atoms with E-state index in [-0.39, 0.29) is 11.9 Å². The van der Waals surface area contributed by atoms with Crippen LogP contribution in [0.15, 0.2) is 30.9 Å². The molecule has 0 radical (unpaired) electrons.